The lowest BCUT2D eigenvalue weighted by Gasteiger charge is -2.13. The van der Waals surface area contributed by atoms with Gasteiger partial charge in [0.2, 0.25) is 0 Å². The fourth-order valence-electron chi connectivity index (χ4n) is 2.86. The number of imide groups is 1. The maximum Gasteiger partial charge on any atom is 0.311 e. The number of hydrogen-bond donors (Lipinski definition) is 0. The lowest BCUT2D eigenvalue weighted by Crippen LogP contribution is -2.31. The summed E-state index contributed by atoms with van der Waals surface area (Å²) < 4.78 is 10.2. The van der Waals surface area contributed by atoms with Crippen LogP contribution in [0.1, 0.15) is 33.6 Å². The predicted molar refractivity (Wildman–Crippen MR) is 96.3 cm³/mol. The highest BCUT2D eigenvalue weighted by molar-refractivity contribution is 6.21. The van der Waals surface area contributed by atoms with Crippen molar-refractivity contribution in [3.8, 4) is 11.5 Å². The second-order valence-corrected chi connectivity index (χ2v) is 5.98. The summed E-state index contributed by atoms with van der Waals surface area (Å²) in [5.74, 6) is -1.33. The van der Waals surface area contributed by atoms with Gasteiger partial charge in [-0.25, -0.2) is 0 Å². The van der Waals surface area contributed by atoms with Gasteiger partial charge in [0.05, 0.1) is 29.2 Å². The van der Waals surface area contributed by atoms with Crippen LogP contribution in [0.2, 0.25) is 0 Å². The second-order valence-electron chi connectivity index (χ2n) is 5.98. The van der Waals surface area contributed by atoms with Crippen molar-refractivity contribution in [1.29, 1.82) is 0 Å². The smallest absolute Gasteiger partial charge is 0.311 e. The van der Waals surface area contributed by atoms with Gasteiger partial charge in [-0.2, -0.15) is 0 Å². The SMILES string of the molecule is COc1ccc([N+](=O)[O-])cc1OC(=O)CCCN1C(=O)c2ccccc2C1=O. The molecule has 0 spiro atoms. The highest BCUT2D eigenvalue weighted by Crippen LogP contribution is 2.31. The molecule has 2 aromatic carbocycles. The molecule has 9 heteroatoms. The van der Waals surface area contributed by atoms with Gasteiger partial charge in [-0.3, -0.25) is 29.4 Å². The summed E-state index contributed by atoms with van der Waals surface area (Å²) in [7, 11) is 1.35. The number of benzene rings is 2. The summed E-state index contributed by atoms with van der Waals surface area (Å²) in [6.45, 7) is 0.0630. The average molecular weight is 384 g/mol. The Kier molecular flexibility index (Phi) is 5.35. The summed E-state index contributed by atoms with van der Waals surface area (Å²) in [6.07, 6.45) is 0.112. The van der Waals surface area contributed by atoms with Gasteiger partial charge in [0.25, 0.3) is 17.5 Å². The first-order valence-corrected chi connectivity index (χ1v) is 8.40. The van der Waals surface area contributed by atoms with E-state index in [0.717, 1.165) is 11.0 Å². The molecular weight excluding hydrogens is 368 g/mol. The van der Waals surface area contributed by atoms with Gasteiger partial charge in [-0.15, -0.1) is 0 Å². The molecule has 0 atom stereocenters. The molecular formula is C19H16N2O7. The molecule has 0 saturated carbocycles. The fourth-order valence-corrected chi connectivity index (χ4v) is 2.86. The zero-order valence-corrected chi connectivity index (χ0v) is 14.9. The highest BCUT2D eigenvalue weighted by Gasteiger charge is 2.34. The van der Waals surface area contributed by atoms with Crippen molar-refractivity contribution in [3.63, 3.8) is 0 Å². The number of nitro benzene ring substituents is 1. The third-order valence-corrected chi connectivity index (χ3v) is 4.22. The van der Waals surface area contributed by atoms with E-state index in [1.807, 2.05) is 0 Å². The van der Waals surface area contributed by atoms with E-state index in [4.69, 9.17) is 9.47 Å². The minimum absolute atomic E-state index is 0.0630. The molecule has 9 nitrogen and oxygen atoms in total. The Morgan fingerprint density at radius 2 is 1.71 bits per heavy atom. The van der Waals surface area contributed by atoms with Gasteiger partial charge in [0.1, 0.15) is 0 Å². The Hall–Kier alpha value is -3.75. The average Bonchev–Trinajstić information content (AvgIpc) is 2.93. The van der Waals surface area contributed by atoms with Crippen LogP contribution in [0.25, 0.3) is 0 Å². The van der Waals surface area contributed by atoms with Gasteiger partial charge in [0.15, 0.2) is 11.5 Å². The van der Waals surface area contributed by atoms with Crippen molar-refractivity contribution >= 4 is 23.5 Å². The molecule has 0 N–H and O–H groups in total. The number of ether oxygens (including phenoxy) is 2. The Bertz CT molecular complexity index is 936. The molecule has 144 valence electrons. The van der Waals surface area contributed by atoms with Gasteiger partial charge < -0.3 is 9.47 Å². The van der Waals surface area contributed by atoms with Crippen LogP contribution < -0.4 is 9.47 Å². The first-order chi connectivity index (χ1) is 13.4. The van der Waals surface area contributed by atoms with Gasteiger partial charge in [-0.1, -0.05) is 12.1 Å². The van der Waals surface area contributed by atoms with Crippen molar-refractivity contribution in [3.05, 3.63) is 63.7 Å². The number of esters is 1. The van der Waals surface area contributed by atoms with Crippen molar-refractivity contribution in [1.82, 2.24) is 4.90 Å². The van der Waals surface area contributed by atoms with Crippen LogP contribution in [0.15, 0.2) is 42.5 Å². The quantitative estimate of drug-likeness (QED) is 0.237. The number of amides is 2. The molecule has 0 radical (unpaired) electrons. The van der Waals surface area contributed by atoms with Crippen LogP contribution in [-0.4, -0.2) is 41.3 Å². The van der Waals surface area contributed by atoms with Crippen molar-refractivity contribution in [2.45, 2.75) is 12.8 Å². The molecule has 0 fully saturated rings. The first kappa shape index (κ1) is 19.0. The number of rotatable bonds is 7. The van der Waals surface area contributed by atoms with Crippen LogP contribution in [0.3, 0.4) is 0 Å². The normalized spacial score (nSPS) is 12.7. The third-order valence-electron chi connectivity index (χ3n) is 4.22. The number of hydrogen-bond acceptors (Lipinski definition) is 7. The van der Waals surface area contributed by atoms with Crippen LogP contribution in [-0.2, 0) is 4.79 Å². The van der Waals surface area contributed by atoms with Gasteiger partial charge >= 0.3 is 5.97 Å². The Morgan fingerprint density at radius 1 is 1.07 bits per heavy atom. The Labute approximate surface area is 159 Å². The Morgan fingerprint density at radius 3 is 2.29 bits per heavy atom. The number of non-ortho nitro benzene ring substituents is 1. The van der Waals surface area contributed by atoms with Crippen molar-refractivity contribution < 1.29 is 28.8 Å². The fraction of sp³-hybridized carbons (Fsp3) is 0.211. The summed E-state index contributed by atoms with van der Waals surface area (Å²) in [5.41, 5.74) is 0.447. The molecule has 28 heavy (non-hydrogen) atoms. The van der Waals surface area contributed by atoms with E-state index in [1.54, 1.807) is 24.3 Å². The zero-order chi connectivity index (χ0) is 20.3. The standard InChI is InChI=1S/C19H16N2O7/c1-27-15-9-8-12(21(25)26)11-16(15)28-17(22)7-4-10-20-18(23)13-5-2-3-6-14(13)19(20)24/h2-3,5-6,8-9,11H,4,7,10H2,1H3. The largest absolute Gasteiger partial charge is 0.493 e. The lowest BCUT2D eigenvalue weighted by molar-refractivity contribution is -0.384. The monoisotopic (exact) mass is 384 g/mol. The van der Waals surface area contributed by atoms with E-state index in [1.165, 1.54) is 19.2 Å². The summed E-state index contributed by atoms with van der Waals surface area (Å²) in [6, 6.07) is 10.2. The lowest BCUT2D eigenvalue weighted by atomic mass is 10.1. The number of nitrogens with zero attached hydrogens (tertiary/aromatic N) is 2. The van der Waals surface area contributed by atoms with Crippen LogP contribution >= 0.6 is 0 Å². The van der Waals surface area contributed by atoms with E-state index in [9.17, 15) is 24.5 Å². The molecule has 0 aromatic heterocycles. The summed E-state index contributed by atoms with van der Waals surface area (Å²) in [4.78, 5) is 48.0. The zero-order valence-electron chi connectivity index (χ0n) is 14.9. The third kappa shape index (κ3) is 3.68. The van der Waals surface area contributed by atoms with Crippen LogP contribution in [0.5, 0.6) is 11.5 Å². The topological polar surface area (TPSA) is 116 Å². The minimum Gasteiger partial charge on any atom is -0.493 e. The highest BCUT2D eigenvalue weighted by atomic mass is 16.6. The molecule has 1 heterocycles. The maximum absolute atomic E-state index is 12.3. The molecule has 1 aliphatic heterocycles. The summed E-state index contributed by atoms with van der Waals surface area (Å²) >= 11 is 0. The second kappa shape index (κ2) is 7.87. The van der Waals surface area contributed by atoms with Gasteiger partial charge in [-0.05, 0) is 24.6 Å². The van der Waals surface area contributed by atoms with Gasteiger partial charge in [0, 0.05) is 19.0 Å². The number of methoxy groups -OCH3 is 1. The molecule has 2 amide bonds. The molecule has 1 aliphatic rings. The maximum atomic E-state index is 12.3. The number of carbonyl (C=O) groups is 3. The van der Waals surface area contributed by atoms with E-state index in [0.29, 0.717) is 11.1 Å². The number of nitro groups is 1. The van der Waals surface area contributed by atoms with Crippen LogP contribution in [0.4, 0.5) is 5.69 Å². The van der Waals surface area contributed by atoms with Crippen molar-refractivity contribution in [2.75, 3.05) is 13.7 Å². The Balaban J connectivity index is 1.59. The molecule has 0 aliphatic carbocycles. The van der Waals surface area contributed by atoms with E-state index in [2.05, 4.69) is 0 Å². The minimum atomic E-state index is -0.657. The summed E-state index contributed by atoms with van der Waals surface area (Å²) in [5, 5.41) is 10.9. The van der Waals surface area contributed by atoms with E-state index in [-0.39, 0.29) is 36.6 Å². The number of carbonyl (C=O) groups excluding carboxylic acids is 3. The molecule has 3 rings (SSSR count). The van der Waals surface area contributed by atoms with Crippen molar-refractivity contribution in [2.24, 2.45) is 0 Å². The first-order valence-electron chi connectivity index (χ1n) is 8.40. The van der Waals surface area contributed by atoms with Crippen LogP contribution in [0, 0.1) is 10.1 Å². The van der Waals surface area contributed by atoms with E-state index < -0.39 is 22.7 Å². The molecule has 0 saturated heterocycles. The molecule has 2 aromatic rings. The predicted octanol–water partition coefficient (Wildman–Crippen LogP) is 2.59. The molecule has 0 unspecified atom stereocenters. The van der Waals surface area contributed by atoms with E-state index >= 15 is 0 Å². The number of fused-ring (bicyclic) bond motifs is 1. The molecule has 0 bridgehead atoms.